The molecule has 0 saturated heterocycles. The maximum absolute atomic E-state index is 13.2. The fourth-order valence-corrected chi connectivity index (χ4v) is 4.11. The van der Waals surface area contributed by atoms with Gasteiger partial charge >= 0.3 is 0 Å². The third-order valence-electron chi connectivity index (χ3n) is 5.72. The van der Waals surface area contributed by atoms with Crippen molar-refractivity contribution in [2.75, 3.05) is 13.2 Å². The molecule has 3 aromatic carbocycles. The maximum atomic E-state index is 13.2. The number of H-pyrrole nitrogens is 1. The number of rotatable bonds is 2. The Morgan fingerprint density at radius 2 is 1.87 bits per heavy atom. The summed E-state index contributed by atoms with van der Waals surface area (Å²) < 4.78 is 11.7. The van der Waals surface area contributed by atoms with E-state index in [9.17, 15) is 4.79 Å². The highest BCUT2D eigenvalue weighted by atomic mass is 16.5. The summed E-state index contributed by atoms with van der Waals surface area (Å²) in [6.07, 6.45) is 1.70. The fourth-order valence-electron chi connectivity index (χ4n) is 4.11. The molecule has 0 fully saturated rings. The minimum atomic E-state index is -0.128. The number of carbonyl (C=O) groups excluding carboxylic acids is 1. The lowest BCUT2D eigenvalue weighted by Gasteiger charge is -2.18. The summed E-state index contributed by atoms with van der Waals surface area (Å²) in [6.45, 7) is 1.41. The van der Waals surface area contributed by atoms with Gasteiger partial charge in [-0.1, -0.05) is 30.3 Å². The summed E-state index contributed by atoms with van der Waals surface area (Å²) in [5.41, 5.74) is 5.77. The molecule has 1 aliphatic heterocycles. The molecule has 0 atom stereocenters. The maximum Gasteiger partial charge on any atom is 0.290 e. The van der Waals surface area contributed by atoms with Crippen LogP contribution in [0, 0.1) is 0 Å². The lowest BCUT2D eigenvalue weighted by atomic mass is 10.0. The van der Waals surface area contributed by atoms with Gasteiger partial charge in [0, 0.05) is 17.5 Å². The number of aromatic nitrogens is 2. The van der Waals surface area contributed by atoms with Crippen molar-refractivity contribution >= 4 is 27.9 Å². The number of nitrogens with one attached hydrogen (secondary N) is 1. The van der Waals surface area contributed by atoms with E-state index in [1.165, 1.54) is 0 Å². The van der Waals surface area contributed by atoms with Gasteiger partial charge in [0.25, 0.3) is 5.91 Å². The first-order chi connectivity index (χ1) is 15.2. The van der Waals surface area contributed by atoms with Crippen molar-refractivity contribution < 1.29 is 13.9 Å². The Labute approximate surface area is 178 Å². The number of carbonyl (C=O) groups is 1. The molecule has 2 aromatic heterocycles. The lowest BCUT2D eigenvalue weighted by Crippen LogP contribution is -2.32. The van der Waals surface area contributed by atoms with Crippen LogP contribution in [0.5, 0.6) is 5.75 Å². The van der Waals surface area contributed by atoms with E-state index in [4.69, 9.17) is 9.15 Å². The molecule has 0 saturated carbocycles. The smallest absolute Gasteiger partial charge is 0.290 e. The number of benzene rings is 3. The van der Waals surface area contributed by atoms with E-state index in [-0.39, 0.29) is 5.91 Å². The molecule has 6 rings (SSSR count). The third kappa shape index (κ3) is 3.13. The van der Waals surface area contributed by atoms with Crippen LogP contribution in [-0.4, -0.2) is 33.9 Å². The first-order valence-electron chi connectivity index (χ1n) is 10.2. The summed E-state index contributed by atoms with van der Waals surface area (Å²) in [7, 11) is 0. The monoisotopic (exact) mass is 409 g/mol. The van der Waals surface area contributed by atoms with Crippen LogP contribution < -0.4 is 4.74 Å². The summed E-state index contributed by atoms with van der Waals surface area (Å²) >= 11 is 0. The van der Waals surface area contributed by atoms with Gasteiger partial charge in [-0.05, 0) is 47.5 Å². The first kappa shape index (κ1) is 17.8. The van der Waals surface area contributed by atoms with Crippen molar-refractivity contribution in [1.29, 1.82) is 0 Å². The number of ether oxygens (including phenoxy) is 1. The van der Waals surface area contributed by atoms with Gasteiger partial charge in [-0.15, -0.1) is 0 Å². The van der Waals surface area contributed by atoms with Gasteiger partial charge < -0.3 is 19.0 Å². The van der Waals surface area contributed by atoms with E-state index in [1.807, 2.05) is 42.5 Å². The van der Waals surface area contributed by atoms with Crippen LogP contribution in [0.4, 0.5) is 0 Å². The third-order valence-corrected chi connectivity index (χ3v) is 5.72. The number of aromatic amines is 1. The summed E-state index contributed by atoms with van der Waals surface area (Å²) in [4.78, 5) is 22.4. The van der Waals surface area contributed by atoms with Crippen LogP contribution >= 0.6 is 0 Å². The van der Waals surface area contributed by atoms with Crippen molar-refractivity contribution in [3.05, 3.63) is 84.4 Å². The summed E-state index contributed by atoms with van der Waals surface area (Å²) in [6, 6.07) is 21.7. The molecule has 0 bridgehead atoms. The van der Waals surface area contributed by atoms with Gasteiger partial charge in [0.15, 0.2) is 5.76 Å². The molecule has 5 aromatic rings. The largest absolute Gasteiger partial charge is 0.491 e. The molecule has 6 heteroatoms. The Kier molecular flexibility index (Phi) is 4.02. The minimum Gasteiger partial charge on any atom is -0.491 e. The number of hydrogen-bond acceptors (Lipinski definition) is 4. The van der Waals surface area contributed by atoms with E-state index in [2.05, 4.69) is 28.2 Å². The zero-order valence-corrected chi connectivity index (χ0v) is 16.7. The van der Waals surface area contributed by atoms with Gasteiger partial charge in [0.05, 0.1) is 23.9 Å². The molecule has 0 unspecified atom stereocenters. The normalized spacial score (nSPS) is 13.7. The molecule has 1 aliphatic rings. The second-order valence-electron chi connectivity index (χ2n) is 7.68. The second kappa shape index (κ2) is 7.02. The zero-order chi connectivity index (χ0) is 20.8. The Morgan fingerprint density at radius 1 is 1.00 bits per heavy atom. The fraction of sp³-hybridized carbons (Fsp3) is 0.120. The van der Waals surface area contributed by atoms with Crippen LogP contribution in [0.2, 0.25) is 0 Å². The molecule has 0 aliphatic carbocycles. The second-order valence-corrected chi connectivity index (χ2v) is 7.68. The first-order valence-corrected chi connectivity index (χ1v) is 10.2. The van der Waals surface area contributed by atoms with E-state index >= 15 is 0 Å². The minimum absolute atomic E-state index is 0.128. The summed E-state index contributed by atoms with van der Waals surface area (Å²) in [5, 5.41) is 0.925. The average molecular weight is 409 g/mol. The standard InChI is InChI=1S/C25H19N3O3/c29-25(24-13-18-3-1-2-4-23(18)31-24)28-9-10-30-22-8-6-16(11-19(22)14-28)17-5-7-20-21(12-17)27-15-26-20/h1-8,11-13,15H,9-10,14H2,(H,26,27). The van der Waals surface area contributed by atoms with Crippen molar-refractivity contribution in [3.63, 3.8) is 0 Å². The number of hydrogen-bond donors (Lipinski definition) is 1. The number of para-hydroxylation sites is 1. The topological polar surface area (TPSA) is 71.4 Å². The Hall–Kier alpha value is -4.06. The average Bonchev–Trinajstić information content (AvgIpc) is 3.39. The summed E-state index contributed by atoms with van der Waals surface area (Å²) in [5.74, 6) is 1.04. The Morgan fingerprint density at radius 3 is 2.81 bits per heavy atom. The number of nitrogens with zero attached hydrogens (tertiary/aromatic N) is 2. The number of imidazole rings is 1. The number of fused-ring (bicyclic) bond motifs is 3. The number of furan rings is 1. The van der Waals surface area contributed by atoms with Crippen LogP contribution in [0.25, 0.3) is 33.1 Å². The predicted molar refractivity (Wildman–Crippen MR) is 118 cm³/mol. The van der Waals surface area contributed by atoms with Gasteiger partial charge in [-0.3, -0.25) is 4.79 Å². The van der Waals surface area contributed by atoms with Crippen molar-refractivity contribution in [2.45, 2.75) is 6.54 Å². The van der Waals surface area contributed by atoms with E-state index < -0.39 is 0 Å². The molecule has 31 heavy (non-hydrogen) atoms. The number of amides is 1. The molecule has 152 valence electrons. The van der Waals surface area contributed by atoms with E-state index in [1.54, 1.807) is 17.3 Å². The highest BCUT2D eigenvalue weighted by molar-refractivity contribution is 5.96. The molecular formula is C25H19N3O3. The van der Waals surface area contributed by atoms with Crippen molar-refractivity contribution in [1.82, 2.24) is 14.9 Å². The van der Waals surface area contributed by atoms with Gasteiger partial charge in [-0.25, -0.2) is 4.98 Å². The van der Waals surface area contributed by atoms with Gasteiger partial charge in [0.2, 0.25) is 0 Å². The molecule has 1 amide bonds. The molecule has 3 heterocycles. The molecule has 1 N–H and O–H groups in total. The van der Waals surface area contributed by atoms with Crippen LogP contribution in [-0.2, 0) is 6.54 Å². The van der Waals surface area contributed by atoms with Crippen LogP contribution in [0.15, 0.2) is 77.5 Å². The van der Waals surface area contributed by atoms with E-state index in [0.29, 0.717) is 31.0 Å². The SMILES string of the molecule is O=C(c1cc2ccccc2o1)N1CCOc2ccc(-c3ccc4nc[nH]c4c3)cc2C1. The molecule has 6 nitrogen and oxygen atoms in total. The zero-order valence-electron chi connectivity index (χ0n) is 16.7. The van der Waals surface area contributed by atoms with Crippen molar-refractivity contribution in [2.24, 2.45) is 0 Å². The quantitative estimate of drug-likeness (QED) is 0.445. The molecular weight excluding hydrogens is 390 g/mol. The molecule has 0 spiro atoms. The predicted octanol–water partition coefficient (Wildman–Crippen LogP) is 5.01. The lowest BCUT2D eigenvalue weighted by molar-refractivity contribution is 0.0703. The molecule has 0 radical (unpaired) electrons. The van der Waals surface area contributed by atoms with Gasteiger partial charge in [0.1, 0.15) is 17.9 Å². The van der Waals surface area contributed by atoms with Crippen molar-refractivity contribution in [3.8, 4) is 16.9 Å². The Bertz CT molecular complexity index is 1400. The van der Waals surface area contributed by atoms with E-state index in [0.717, 1.165) is 38.9 Å². The highest BCUT2D eigenvalue weighted by Crippen LogP contribution is 2.31. The van der Waals surface area contributed by atoms with Crippen LogP contribution in [0.3, 0.4) is 0 Å². The highest BCUT2D eigenvalue weighted by Gasteiger charge is 2.24. The van der Waals surface area contributed by atoms with Crippen LogP contribution in [0.1, 0.15) is 16.1 Å². The van der Waals surface area contributed by atoms with Gasteiger partial charge in [-0.2, -0.15) is 0 Å². The Balaban J connectivity index is 1.33.